The van der Waals surface area contributed by atoms with Crippen LogP contribution in [-0.4, -0.2) is 72.3 Å². The zero-order valence-electron chi connectivity index (χ0n) is 18.1. The molecule has 1 amide bonds. The molecule has 0 aromatic heterocycles. The quantitative estimate of drug-likeness (QED) is 0.533. The molecular weight excluding hydrogens is 379 g/mol. The second-order valence-electron chi connectivity index (χ2n) is 7.36. The topological polar surface area (TPSA) is 39.1 Å². The van der Waals surface area contributed by atoms with E-state index in [9.17, 15) is 9.18 Å². The van der Waals surface area contributed by atoms with E-state index in [1.807, 2.05) is 38.1 Å². The van der Waals surface area contributed by atoms with Crippen molar-refractivity contribution < 1.29 is 9.18 Å². The third kappa shape index (κ3) is 5.05. The average Bonchev–Trinajstić information content (AvgIpc) is 2.79. The van der Waals surface area contributed by atoms with Crippen molar-refractivity contribution in [2.75, 3.05) is 45.8 Å². The SMILES string of the molecule is CCN1CCN(C(=Nc2ccccc2F)c2ccc(C(=O)N(CC)CC)cc2)CC1. The summed E-state index contributed by atoms with van der Waals surface area (Å²) in [5.41, 5.74) is 1.87. The molecule has 3 rings (SSSR count). The summed E-state index contributed by atoms with van der Waals surface area (Å²) in [4.78, 5) is 23.7. The molecule has 0 aliphatic carbocycles. The molecule has 1 heterocycles. The molecule has 1 fully saturated rings. The number of hydrogen-bond donors (Lipinski definition) is 0. The smallest absolute Gasteiger partial charge is 0.253 e. The predicted octanol–water partition coefficient (Wildman–Crippen LogP) is 4.02. The minimum absolute atomic E-state index is 0.0238. The van der Waals surface area contributed by atoms with Gasteiger partial charge in [-0.3, -0.25) is 4.79 Å². The maximum absolute atomic E-state index is 14.3. The number of nitrogens with zero attached hydrogens (tertiary/aromatic N) is 4. The number of amides is 1. The number of benzene rings is 2. The molecule has 0 spiro atoms. The van der Waals surface area contributed by atoms with E-state index < -0.39 is 0 Å². The van der Waals surface area contributed by atoms with Gasteiger partial charge in [0.05, 0.1) is 0 Å². The lowest BCUT2D eigenvalue weighted by Crippen LogP contribution is -2.48. The summed E-state index contributed by atoms with van der Waals surface area (Å²) >= 11 is 0. The van der Waals surface area contributed by atoms with Crippen molar-refractivity contribution in [3.8, 4) is 0 Å². The molecule has 0 unspecified atom stereocenters. The number of likely N-dealkylation sites (N-methyl/N-ethyl adjacent to an activating group) is 1. The van der Waals surface area contributed by atoms with Crippen LogP contribution in [0.5, 0.6) is 0 Å². The summed E-state index contributed by atoms with van der Waals surface area (Å²) in [5.74, 6) is 0.434. The third-order valence-electron chi connectivity index (χ3n) is 5.64. The molecule has 160 valence electrons. The Morgan fingerprint density at radius 1 is 0.933 bits per heavy atom. The molecule has 1 aliphatic rings. The van der Waals surface area contributed by atoms with Crippen molar-refractivity contribution in [1.82, 2.24) is 14.7 Å². The first-order valence-electron chi connectivity index (χ1n) is 10.8. The lowest BCUT2D eigenvalue weighted by molar-refractivity contribution is 0.0773. The van der Waals surface area contributed by atoms with Gasteiger partial charge in [-0.1, -0.05) is 31.2 Å². The van der Waals surface area contributed by atoms with E-state index in [2.05, 4.69) is 16.7 Å². The minimum atomic E-state index is -0.337. The molecule has 0 N–H and O–H groups in total. The molecule has 30 heavy (non-hydrogen) atoms. The highest BCUT2D eigenvalue weighted by Crippen LogP contribution is 2.21. The van der Waals surface area contributed by atoms with Crippen molar-refractivity contribution in [2.45, 2.75) is 20.8 Å². The van der Waals surface area contributed by atoms with Crippen molar-refractivity contribution in [1.29, 1.82) is 0 Å². The van der Waals surface area contributed by atoms with Crippen molar-refractivity contribution in [3.63, 3.8) is 0 Å². The maximum Gasteiger partial charge on any atom is 0.253 e. The molecular formula is C24H31FN4O. The van der Waals surface area contributed by atoms with Gasteiger partial charge in [-0.05, 0) is 44.7 Å². The number of amidine groups is 1. The summed E-state index contributed by atoms with van der Waals surface area (Å²) < 4.78 is 14.3. The van der Waals surface area contributed by atoms with E-state index in [0.29, 0.717) is 24.3 Å². The first kappa shape index (κ1) is 22.0. The maximum atomic E-state index is 14.3. The zero-order chi connectivity index (χ0) is 21.5. The van der Waals surface area contributed by atoms with Gasteiger partial charge in [0.2, 0.25) is 0 Å². The fourth-order valence-electron chi connectivity index (χ4n) is 3.71. The highest BCUT2D eigenvalue weighted by Gasteiger charge is 2.21. The van der Waals surface area contributed by atoms with Crippen LogP contribution in [0.1, 0.15) is 36.7 Å². The van der Waals surface area contributed by atoms with Crippen LogP contribution in [0.3, 0.4) is 0 Å². The van der Waals surface area contributed by atoms with Gasteiger partial charge in [-0.2, -0.15) is 0 Å². The summed E-state index contributed by atoms with van der Waals surface area (Å²) in [6, 6.07) is 14.1. The van der Waals surface area contributed by atoms with Crippen LogP contribution in [0.2, 0.25) is 0 Å². The molecule has 1 aliphatic heterocycles. The Morgan fingerprint density at radius 2 is 1.53 bits per heavy atom. The average molecular weight is 411 g/mol. The number of hydrogen-bond acceptors (Lipinski definition) is 3. The first-order valence-corrected chi connectivity index (χ1v) is 10.8. The Bertz CT molecular complexity index is 869. The molecule has 0 radical (unpaired) electrons. The van der Waals surface area contributed by atoms with E-state index in [1.165, 1.54) is 6.07 Å². The van der Waals surface area contributed by atoms with Crippen LogP contribution in [0.25, 0.3) is 0 Å². The Balaban J connectivity index is 1.92. The highest BCUT2D eigenvalue weighted by molar-refractivity contribution is 6.02. The monoisotopic (exact) mass is 410 g/mol. The number of carbonyl (C=O) groups is 1. The fourth-order valence-corrected chi connectivity index (χ4v) is 3.71. The van der Waals surface area contributed by atoms with E-state index in [1.54, 1.807) is 23.1 Å². The van der Waals surface area contributed by atoms with Crippen LogP contribution in [0.15, 0.2) is 53.5 Å². The van der Waals surface area contributed by atoms with Crippen LogP contribution in [0, 0.1) is 5.82 Å². The predicted molar refractivity (Wildman–Crippen MR) is 120 cm³/mol. The van der Waals surface area contributed by atoms with Crippen LogP contribution >= 0.6 is 0 Å². The Labute approximate surface area is 178 Å². The number of para-hydroxylation sites is 1. The second kappa shape index (κ2) is 10.3. The second-order valence-corrected chi connectivity index (χ2v) is 7.36. The van der Waals surface area contributed by atoms with Crippen molar-refractivity contribution >= 4 is 17.4 Å². The van der Waals surface area contributed by atoms with Crippen molar-refractivity contribution in [2.24, 2.45) is 4.99 Å². The van der Waals surface area contributed by atoms with E-state index in [0.717, 1.165) is 44.1 Å². The summed E-state index contributed by atoms with van der Waals surface area (Å²) in [5, 5.41) is 0. The lowest BCUT2D eigenvalue weighted by Gasteiger charge is -2.36. The molecule has 0 atom stereocenters. The third-order valence-corrected chi connectivity index (χ3v) is 5.64. The molecule has 2 aromatic rings. The number of carbonyl (C=O) groups excluding carboxylic acids is 1. The van der Waals surface area contributed by atoms with Gasteiger partial charge in [-0.25, -0.2) is 9.38 Å². The standard InChI is InChI=1S/C24H31FN4O/c1-4-27-15-17-29(18-16-27)23(26-22-10-8-7-9-21(22)25)19-11-13-20(14-12-19)24(30)28(5-2)6-3/h7-14H,4-6,15-18H2,1-3H3. The molecule has 0 bridgehead atoms. The van der Waals surface area contributed by atoms with E-state index in [-0.39, 0.29) is 11.7 Å². The van der Waals surface area contributed by atoms with E-state index in [4.69, 9.17) is 4.99 Å². The van der Waals surface area contributed by atoms with Gasteiger partial charge in [0.1, 0.15) is 17.3 Å². The zero-order valence-corrected chi connectivity index (χ0v) is 18.1. The van der Waals surface area contributed by atoms with E-state index >= 15 is 0 Å². The Hall–Kier alpha value is -2.73. The molecule has 2 aromatic carbocycles. The molecule has 0 saturated carbocycles. The van der Waals surface area contributed by atoms with Gasteiger partial charge in [0.25, 0.3) is 5.91 Å². The summed E-state index contributed by atoms with van der Waals surface area (Å²) in [7, 11) is 0. The Morgan fingerprint density at radius 3 is 2.10 bits per heavy atom. The molecule has 5 nitrogen and oxygen atoms in total. The van der Waals surface area contributed by atoms with Gasteiger partial charge < -0.3 is 14.7 Å². The number of aliphatic imine (C=N–C) groups is 1. The number of halogens is 1. The van der Waals surface area contributed by atoms with Crippen LogP contribution in [0.4, 0.5) is 10.1 Å². The largest absolute Gasteiger partial charge is 0.354 e. The first-order chi connectivity index (χ1) is 14.6. The molecule has 1 saturated heterocycles. The highest BCUT2D eigenvalue weighted by atomic mass is 19.1. The Kier molecular flexibility index (Phi) is 7.57. The normalized spacial score (nSPS) is 15.3. The van der Waals surface area contributed by atoms with Gasteiger partial charge >= 0.3 is 0 Å². The van der Waals surface area contributed by atoms with Crippen LogP contribution < -0.4 is 0 Å². The van der Waals surface area contributed by atoms with Gasteiger partial charge in [-0.15, -0.1) is 0 Å². The summed E-state index contributed by atoms with van der Waals surface area (Å²) in [6.07, 6.45) is 0. The molecule has 6 heteroatoms. The summed E-state index contributed by atoms with van der Waals surface area (Å²) in [6.45, 7) is 12.1. The van der Waals surface area contributed by atoms with Crippen molar-refractivity contribution in [3.05, 3.63) is 65.5 Å². The number of piperazine rings is 1. The van der Waals surface area contributed by atoms with Gasteiger partial charge in [0, 0.05) is 50.4 Å². The van der Waals surface area contributed by atoms with Gasteiger partial charge in [0.15, 0.2) is 0 Å². The lowest BCUT2D eigenvalue weighted by atomic mass is 10.1. The minimum Gasteiger partial charge on any atom is -0.354 e. The number of rotatable bonds is 6. The van der Waals surface area contributed by atoms with Crippen LogP contribution in [-0.2, 0) is 0 Å². The fraction of sp³-hybridized carbons (Fsp3) is 0.417.